The highest BCUT2D eigenvalue weighted by atomic mass is 79.9. The largest absolute Gasteiger partial charge is 0.434 e. The van der Waals surface area contributed by atoms with E-state index in [1.165, 1.54) is 0 Å². The number of hydrogen-bond donors (Lipinski definition) is 1. The predicted octanol–water partition coefficient (Wildman–Crippen LogP) is 2.64. The quantitative estimate of drug-likeness (QED) is 0.743. The molecule has 6 heteroatoms. The second kappa shape index (κ2) is 2.44. The summed E-state index contributed by atoms with van der Waals surface area (Å²) in [6, 6.07) is 0.726. The monoisotopic (exact) mass is 229 g/mol. The van der Waals surface area contributed by atoms with Gasteiger partial charge in [-0.3, -0.25) is 0 Å². The lowest BCUT2D eigenvalue weighted by molar-refractivity contribution is -0.138. The minimum Gasteiger partial charge on any atom is -0.434 e. The molecule has 1 rings (SSSR count). The number of anilines is 1. The summed E-state index contributed by atoms with van der Waals surface area (Å²) in [6.45, 7) is 0. The van der Waals surface area contributed by atoms with Crippen LogP contribution in [-0.4, -0.2) is 0 Å². The van der Waals surface area contributed by atoms with Crippen molar-refractivity contribution in [1.29, 1.82) is 0 Å². The van der Waals surface area contributed by atoms with Crippen LogP contribution in [0.1, 0.15) is 5.56 Å². The van der Waals surface area contributed by atoms with Crippen LogP contribution in [0.5, 0.6) is 0 Å². The molecular weight excluding hydrogens is 227 g/mol. The first-order valence-corrected chi connectivity index (χ1v) is 3.32. The number of nitrogens with two attached hydrogens (primary N) is 1. The molecule has 0 saturated carbocycles. The average Bonchev–Trinajstić information content (AvgIpc) is 2.08. The highest BCUT2D eigenvalue weighted by molar-refractivity contribution is 9.10. The van der Waals surface area contributed by atoms with Crippen LogP contribution >= 0.6 is 15.9 Å². The van der Waals surface area contributed by atoms with Gasteiger partial charge in [0.05, 0.1) is 0 Å². The molecule has 0 bridgehead atoms. The molecule has 0 aliphatic rings. The van der Waals surface area contributed by atoms with Gasteiger partial charge in [-0.05, 0) is 15.9 Å². The van der Waals surface area contributed by atoms with Crippen LogP contribution < -0.4 is 5.73 Å². The smallest absolute Gasteiger partial charge is 0.420 e. The summed E-state index contributed by atoms with van der Waals surface area (Å²) in [5, 5.41) is 0. The van der Waals surface area contributed by atoms with E-state index in [1.807, 2.05) is 0 Å². The molecule has 0 atom stereocenters. The van der Waals surface area contributed by atoms with Crippen LogP contribution in [0.2, 0.25) is 0 Å². The third-order valence-corrected chi connectivity index (χ3v) is 1.60. The van der Waals surface area contributed by atoms with Gasteiger partial charge < -0.3 is 10.2 Å². The van der Waals surface area contributed by atoms with Gasteiger partial charge in [0.25, 0.3) is 0 Å². The molecule has 11 heavy (non-hydrogen) atoms. The summed E-state index contributed by atoms with van der Waals surface area (Å²) in [7, 11) is 0. The summed E-state index contributed by atoms with van der Waals surface area (Å²) in [5.74, 6) is -0.260. The topological polar surface area (TPSA) is 39.2 Å². The van der Waals surface area contributed by atoms with Gasteiger partial charge >= 0.3 is 6.18 Å². The van der Waals surface area contributed by atoms with Gasteiger partial charge in [-0.2, -0.15) is 13.2 Å². The lowest BCUT2D eigenvalue weighted by Crippen LogP contribution is -2.03. The Morgan fingerprint density at radius 2 is 2.00 bits per heavy atom. The SMILES string of the molecule is Nc1cc(C(F)(F)F)c(Br)o1. The summed E-state index contributed by atoms with van der Waals surface area (Å²) >= 11 is 2.59. The van der Waals surface area contributed by atoms with Gasteiger partial charge in [0.15, 0.2) is 10.6 Å². The summed E-state index contributed by atoms with van der Waals surface area (Å²) in [4.78, 5) is 0. The maximum atomic E-state index is 11.9. The maximum Gasteiger partial charge on any atom is 0.420 e. The van der Waals surface area contributed by atoms with Crippen molar-refractivity contribution in [3.05, 3.63) is 16.3 Å². The molecule has 0 fully saturated rings. The number of hydrogen-bond acceptors (Lipinski definition) is 2. The molecule has 2 N–H and O–H groups in total. The van der Waals surface area contributed by atoms with Gasteiger partial charge in [-0.15, -0.1) is 0 Å². The lowest BCUT2D eigenvalue weighted by Gasteiger charge is -2.00. The zero-order chi connectivity index (χ0) is 8.65. The number of alkyl halides is 3. The second-order valence-corrected chi connectivity index (χ2v) is 2.55. The minimum atomic E-state index is -4.42. The number of halogens is 4. The van der Waals surface area contributed by atoms with E-state index in [0.29, 0.717) is 0 Å². The van der Waals surface area contributed by atoms with Crippen molar-refractivity contribution >= 4 is 21.8 Å². The number of furan rings is 1. The Labute approximate surface area is 68.3 Å². The van der Waals surface area contributed by atoms with Crippen LogP contribution in [0.15, 0.2) is 15.2 Å². The van der Waals surface area contributed by atoms with Gasteiger partial charge in [0.2, 0.25) is 0 Å². The van der Waals surface area contributed by atoms with Crippen molar-refractivity contribution in [2.45, 2.75) is 6.18 Å². The third-order valence-electron chi connectivity index (χ3n) is 1.01. The summed E-state index contributed by atoms with van der Waals surface area (Å²) in [6.07, 6.45) is -4.42. The zero-order valence-electron chi connectivity index (χ0n) is 5.07. The first-order chi connectivity index (χ1) is 4.91. The minimum absolute atomic E-state index is 0.260. The molecule has 0 aliphatic carbocycles. The standard InChI is InChI=1S/C5H3BrF3NO/c6-4-2(5(7,8)9)1-3(10)11-4/h1H,10H2. The Balaban J connectivity index is 3.13. The van der Waals surface area contributed by atoms with E-state index < -0.39 is 11.7 Å². The van der Waals surface area contributed by atoms with E-state index in [9.17, 15) is 13.2 Å². The summed E-state index contributed by atoms with van der Waals surface area (Å²) in [5.41, 5.74) is 4.09. The molecule has 1 aromatic rings. The molecule has 2 nitrogen and oxygen atoms in total. The highest BCUT2D eigenvalue weighted by Gasteiger charge is 2.35. The number of nitrogen functional groups attached to an aromatic ring is 1. The molecule has 0 spiro atoms. The van der Waals surface area contributed by atoms with E-state index >= 15 is 0 Å². The Hall–Kier alpha value is -0.650. The molecule has 0 aromatic carbocycles. The molecule has 0 saturated heterocycles. The summed E-state index contributed by atoms with van der Waals surface area (Å²) < 4.78 is 39.8. The van der Waals surface area contributed by atoms with Crippen LogP contribution in [0.3, 0.4) is 0 Å². The molecule has 0 unspecified atom stereocenters. The van der Waals surface area contributed by atoms with Crippen molar-refractivity contribution in [3.63, 3.8) is 0 Å². The maximum absolute atomic E-state index is 11.9. The fraction of sp³-hybridized carbons (Fsp3) is 0.200. The number of rotatable bonds is 0. The first-order valence-electron chi connectivity index (χ1n) is 2.53. The Kier molecular flexibility index (Phi) is 1.87. The van der Waals surface area contributed by atoms with E-state index in [1.54, 1.807) is 0 Å². The van der Waals surface area contributed by atoms with Gasteiger partial charge in [0.1, 0.15) is 5.56 Å². The van der Waals surface area contributed by atoms with Crippen molar-refractivity contribution < 1.29 is 17.6 Å². The average molecular weight is 230 g/mol. The predicted molar refractivity (Wildman–Crippen MR) is 35.8 cm³/mol. The van der Waals surface area contributed by atoms with Crippen molar-refractivity contribution in [2.75, 3.05) is 5.73 Å². The molecule has 0 amide bonds. The van der Waals surface area contributed by atoms with Crippen molar-refractivity contribution in [3.8, 4) is 0 Å². The van der Waals surface area contributed by atoms with Crippen molar-refractivity contribution in [1.82, 2.24) is 0 Å². The normalized spacial score (nSPS) is 12.0. The Bertz CT molecular complexity index is 267. The van der Waals surface area contributed by atoms with Crippen LogP contribution in [0.4, 0.5) is 19.1 Å². The Morgan fingerprint density at radius 1 is 1.45 bits per heavy atom. The Morgan fingerprint density at radius 3 is 2.18 bits per heavy atom. The lowest BCUT2D eigenvalue weighted by atomic mass is 10.3. The van der Waals surface area contributed by atoms with Crippen LogP contribution in [-0.2, 0) is 6.18 Å². The highest BCUT2D eigenvalue weighted by Crippen LogP contribution is 2.37. The molecule has 62 valence electrons. The molecule has 0 aliphatic heterocycles. The van der Waals surface area contributed by atoms with Crippen molar-refractivity contribution in [2.24, 2.45) is 0 Å². The first kappa shape index (κ1) is 8.45. The van der Waals surface area contributed by atoms with E-state index in [0.717, 1.165) is 6.07 Å². The van der Waals surface area contributed by atoms with E-state index in [4.69, 9.17) is 5.73 Å². The van der Waals surface area contributed by atoms with E-state index in [2.05, 4.69) is 20.3 Å². The van der Waals surface area contributed by atoms with Crippen LogP contribution in [0, 0.1) is 0 Å². The molecule has 1 aromatic heterocycles. The van der Waals surface area contributed by atoms with Gasteiger partial charge in [-0.1, -0.05) is 0 Å². The fourth-order valence-corrected chi connectivity index (χ4v) is 1.11. The molecular formula is C5H3BrF3NO. The fourth-order valence-electron chi connectivity index (χ4n) is 0.580. The van der Waals surface area contributed by atoms with Gasteiger partial charge in [0, 0.05) is 6.07 Å². The molecule has 0 radical (unpaired) electrons. The third kappa shape index (κ3) is 1.68. The van der Waals surface area contributed by atoms with Crippen LogP contribution in [0.25, 0.3) is 0 Å². The molecule has 1 heterocycles. The second-order valence-electron chi connectivity index (χ2n) is 1.83. The van der Waals surface area contributed by atoms with E-state index in [-0.39, 0.29) is 10.6 Å². The van der Waals surface area contributed by atoms with Gasteiger partial charge in [-0.25, -0.2) is 0 Å². The zero-order valence-corrected chi connectivity index (χ0v) is 6.66.